The number of aromatic nitrogens is 3. The van der Waals surface area contributed by atoms with Crippen molar-refractivity contribution in [2.75, 3.05) is 44.0 Å². The quantitative estimate of drug-likeness (QED) is 0.798. The van der Waals surface area contributed by atoms with Crippen molar-refractivity contribution in [2.45, 2.75) is 25.6 Å². The van der Waals surface area contributed by atoms with E-state index in [-0.39, 0.29) is 24.2 Å². The molecule has 26 heavy (non-hydrogen) atoms. The number of amides is 1. The van der Waals surface area contributed by atoms with Gasteiger partial charge in [-0.3, -0.25) is 4.79 Å². The van der Waals surface area contributed by atoms with Crippen molar-refractivity contribution in [3.63, 3.8) is 0 Å². The minimum Gasteiger partial charge on any atom is -0.361 e. The molecule has 0 aliphatic carbocycles. The van der Waals surface area contributed by atoms with Gasteiger partial charge in [-0.25, -0.2) is 9.37 Å². The van der Waals surface area contributed by atoms with Crippen molar-refractivity contribution in [1.82, 2.24) is 20.0 Å². The summed E-state index contributed by atoms with van der Waals surface area (Å²) in [5, 5.41) is 3.75. The lowest BCUT2D eigenvalue weighted by molar-refractivity contribution is 0.0775. The lowest BCUT2D eigenvalue weighted by atomic mass is 10.2. The first-order chi connectivity index (χ1) is 12.3. The average Bonchev–Trinajstić information content (AvgIpc) is 3.20. The van der Waals surface area contributed by atoms with Gasteiger partial charge in [0, 0.05) is 46.4 Å². The van der Waals surface area contributed by atoms with Gasteiger partial charge in [0.05, 0.1) is 12.6 Å². The molecule has 3 rings (SSSR count). The Morgan fingerprint density at radius 1 is 1.42 bits per heavy atom. The van der Waals surface area contributed by atoms with Crippen LogP contribution in [-0.4, -0.2) is 72.4 Å². The molecule has 0 N–H and O–H groups in total. The molecule has 1 saturated heterocycles. The van der Waals surface area contributed by atoms with E-state index >= 15 is 0 Å². The number of nitrogens with zero attached hydrogens (tertiary/aromatic N) is 6. The van der Waals surface area contributed by atoms with E-state index in [0.717, 1.165) is 0 Å². The number of rotatable bonds is 5. The number of halogens is 1. The fraction of sp³-hybridized carbons (Fsp3) is 0.529. The van der Waals surface area contributed by atoms with Gasteiger partial charge in [0.25, 0.3) is 5.91 Å². The minimum atomic E-state index is -0.962. The number of alkyl halides is 1. The second-order valence-corrected chi connectivity index (χ2v) is 6.76. The summed E-state index contributed by atoms with van der Waals surface area (Å²) < 4.78 is 19.1. The molecule has 2 atom stereocenters. The zero-order valence-electron chi connectivity index (χ0n) is 15.4. The first kappa shape index (κ1) is 18.1. The number of hydrogen-bond acceptors (Lipinski definition) is 7. The lowest BCUT2D eigenvalue weighted by Gasteiger charge is -2.29. The molecule has 0 bridgehead atoms. The van der Waals surface area contributed by atoms with Gasteiger partial charge in [-0.2, -0.15) is 4.98 Å². The monoisotopic (exact) mass is 362 g/mol. The Labute approximate surface area is 151 Å². The van der Waals surface area contributed by atoms with Crippen LogP contribution in [0.25, 0.3) is 0 Å². The van der Waals surface area contributed by atoms with Crippen molar-refractivity contribution in [3.05, 3.63) is 29.8 Å². The molecule has 0 unspecified atom stereocenters. The molecular formula is C17H23FN6O2. The molecule has 0 saturated carbocycles. The summed E-state index contributed by atoms with van der Waals surface area (Å²) in [6.07, 6.45) is 1.04. The van der Waals surface area contributed by atoms with E-state index in [1.165, 1.54) is 0 Å². The second-order valence-electron chi connectivity index (χ2n) is 6.76. The summed E-state index contributed by atoms with van der Waals surface area (Å²) in [6, 6.07) is 3.19. The Hall–Kier alpha value is -2.71. The highest BCUT2D eigenvalue weighted by Gasteiger charge is 2.35. The van der Waals surface area contributed by atoms with Crippen LogP contribution in [0.4, 0.5) is 16.2 Å². The van der Waals surface area contributed by atoms with Crippen LogP contribution in [0, 0.1) is 6.92 Å². The highest BCUT2D eigenvalue weighted by molar-refractivity contribution is 5.92. The summed E-state index contributed by atoms with van der Waals surface area (Å²) in [5.41, 5.74) is 0.253. The van der Waals surface area contributed by atoms with E-state index in [0.29, 0.717) is 30.5 Å². The number of carbonyl (C=O) groups excluding carboxylic acids is 1. The minimum absolute atomic E-state index is 0.170. The number of hydrogen-bond donors (Lipinski definition) is 0. The summed E-state index contributed by atoms with van der Waals surface area (Å²) in [5.74, 6) is 1.55. The first-order valence-corrected chi connectivity index (χ1v) is 8.45. The molecule has 2 aromatic heterocycles. The van der Waals surface area contributed by atoms with E-state index < -0.39 is 6.17 Å². The highest BCUT2D eigenvalue weighted by atomic mass is 19.1. The summed E-state index contributed by atoms with van der Waals surface area (Å²) in [6.45, 7) is 2.35. The fourth-order valence-corrected chi connectivity index (χ4v) is 3.09. The molecule has 0 radical (unpaired) electrons. The van der Waals surface area contributed by atoms with Gasteiger partial charge in [-0.1, -0.05) is 5.16 Å². The number of anilines is 2. The number of carbonyl (C=O) groups is 1. The summed E-state index contributed by atoms with van der Waals surface area (Å²) in [4.78, 5) is 26.4. The zero-order valence-corrected chi connectivity index (χ0v) is 15.4. The van der Waals surface area contributed by atoms with Crippen LogP contribution in [0.15, 0.2) is 22.9 Å². The van der Waals surface area contributed by atoms with Crippen molar-refractivity contribution in [3.8, 4) is 0 Å². The maximum atomic E-state index is 14.1. The van der Waals surface area contributed by atoms with Crippen molar-refractivity contribution >= 4 is 17.7 Å². The molecule has 9 heteroatoms. The molecule has 1 amide bonds. The van der Waals surface area contributed by atoms with Crippen LogP contribution >= 0.6 is 0 Å². The zero-order chi connectivity index (χ0) is 18.8. The first-order valence-electron chi connectivity index (χ1n) is 8.45. The second kappa shape index (κ2) is 7.27. The van der Waals surface area contributed by atoms with Crippen LogP contribution in [0.5, 0.6) is 0 Å². The van der Waals surface area contributed by atoms with Crippen LogP contribution < -0.4 is 9.80 Å². The molecule has 3 heterocycles. The van der Waals surface area contributed by atoms with Gasteiger partial charge in [0.15, 0.2) is 5.69 Å². The molecule has 1 fully saturated rings. The van der Waals surface area contributed by atoms with E-state index in [4.69, 9.17) is 4.52 Å². The largest absolute Gasteiger partial charge is 0.361 e. The number of likely N-dealkylation sites (N-methyl/N-ethyl adjacent to an activating group) is 1. The molecule has 140 valence electrons. The van der Waals surface area contributed by atoms with Gasteiger partial charge in [-0.15, -0.1) is 0 Å². The van der Waals surface area contributed by atoms with Crippen molar-refractivity contribution in [2.24, 2.45) is 0 Å². The predicted octanol–water partition coefficient (Wildman–Crippen LogP) is 1.53. The Balaban J connectivity index is 1.75. The fourth-order valence-electron chi connectivity index (χ4n) is 3.09. The molecule has 8 nitrogen and oxygen atoms in total. The van der Waals surface area contributed by atoms with Gasteiger partial charge >= 0.3 is 0 Å². The molecule has 2 aromatic rings. The van der Waals surface area contributed by atoms with Crippen LogP contribution in [0.2, 0.25) is 0 Å². The smallest absolute Gasteiger partial charge is 0.275 e. The van der Waals surface area contributed by atoms with Gasteiger partial charge in [-0.05, 0) is 13.0 Å². The maximum Gasteiger partial charge on any atom is 0.275 e. The SMILES string of the molecule is Cc1cc(C(=O)N(C)C[C@@H]2C[C@H](F)CN2c2ccnc(N(C)C)n2)no1. The molecule has 0 spiro atoms. The topological polar surface area (TPSA) is 78.6 Å². The Morgan fingerprint density at radius 2 is 2.19 bits per heavy atom. The Bertz CT molecular complexity index is 780. The van der Waals surface area contributed by atoms with E-state index in [2.05, 4.69) is 15.1 Å². The van der Waals surface area contributed by atoms with Crippen molar-refractivity contribution < 1.29 is 13.7 Å². The predicted molar refractivity (Wildman–Crippen MR) is 95.2 cm³/mol. The van der Waals surface area contributed by atoms with Gasteiger partial charge < -0.3 is 19.2 Å². The Morgan fingerprint density at radius 3 is 2.85 bits per heavy atom. The normalized spacial score (nSPS) is 19.7. The molecular weight excluding hydrogens is 339 g/mol. The molecule has 1 aliphatic heterocycles. The van der Waals surface area contributed by atoms with Gasteiger partial charge in [0.2, 0.25) is 5.95 Å². The molecule has 0 aromatic carbocycles. The molecule has 1 aliphatic rings. The van der Waals surface area contributed by atoms with Crippen LogP contribution in [0.1, 0.15) is 22.7 Å². The van der Waals surface area contributed by atoms with Crippen molar-refractivity contribution in [1.29, 1.82) is 0 Å². The third-order valence-electron chi connectivity index (χ3n) is 4.36. The maximum absolute atomic E-state index is 14.1. The van der Waals surface area contributed by atoms with Crippen LogP contribution in [0.3, 0.4) is 0 Å². The lowest BCUT2D eigenvalue weighted by Crippen LogP contribution is -2.41. The third-order valence-corrected chi connectivity index (χ3v) is 4.36. The van der Waals surface area contributed by atoms with E-state index in [1.807, 2.05) is 19.0 Å². The average molecular weight is 362 g/mol. The standard InChI is InChI=1S/C17H23FN6O2/c1-11-7-14(21-26-11)16(25)23(4)10-13-8-12(18)9-24(13)15-5-6-19-17(20-15)22(2)3/h5-7,12-13H,8-10H2,1-4H3/t12-,13-/m0/s1. The Kier molecular flexibility index (Phi) is 5.06. The summed E-state index contributed by atoms with van der Waals surface area (Å²) >= 11 is 0. The van der Waals surface area contributed by atoms with E-state index in [9.17, 15) is 9.18 Å². The van der Waals surface area contributed by atoms with E-state index in [1.54, 1.807) is 42.1 Å². The summed E-state index contributed by atoms with van der Waals surface area (Å²) in [7, 11) is 5.39. The third kappa shape index (κ3) is 3.76. The van der Waals surface area contributed by atoms with Crippen LogP contribution in [-0.2, 0) is 0 Å². The highest BCUT2D eigenvalue weighted by Crippen LogP contribution is 2.27. The van der Waals surface area contributed by atoms with Gasteiger partial charge in [0.1, 0.15) is 17.7 Å². The number of aryl methyl sites for hydroxylation is 1.